The molecule has 1 aliphatic rings. The summed E-state index contributed by atoms with van der Waals surface area (Å²) in [5.41, 5.74) is 1.07. The summed E-state index contributed by atoms with van der Waals surface area (Å²) in [7, 11) is 0. The lowest BCUT2D eigenvalue weighted by Gasteiger charge is -2.24. The molecule has 2 aromatic rings. The van der Waals surface area contributed by atoms with Crippen molar-refractivity contribution in [2.45, 2.75) is 25.4 Å². The largest absolute Gasteiger partial charge is 0.481 e. The van der Waals surface area contributed by atoms with Gasteiger partial charge in [-0.2, -0.15) is 0 Å². The Labute approximate surface area is 160 Å². The van der Waals surface area contributed by atoms with Gasteiger partial charge >= 0.3 is 5.97 Å². The highest BCUT2D eigenvalue weighted by atomic mass is 35.5. The van der Waals surface area contributed by atoms with Crippen molar-refractivity contribution in [3.05, 3.63) is 40.4 Å². The van der Waals surface area contributed by atoms with Crippen molar-refractivity contribution in [1.29, 1.82) is 0 Å². The fourth-order valence-corrected chi connectivity index (χ4v) is 3.95. The van der Waals surface area contributed by atoms with Crippen LogP contribution in [0.1, 0.15) is 29.8 Å². The highest BCUT2D eigenvalue weighted by Gasteiger charge is 2.25. The molecule has 0 bridgehead atoms. The van der Waals surface area contributed by atoms with Crippen LogP contribution in [0.15, 0.2) is 29.6 Å². The van der Waals surface area contributed by atoms with Crippen LogP contribution in [0.4, 0.5) is 0 Å². The minimum Gasteiger partial charge on any atom is -0.481 e. The van der Waals surface area contributed by atoms with E-state index in [0.29, 0.717) is 28.9 Å². The second-order valence-electron chi connectivity index (χ2n) is 6.05. The van der Waals surface area contributed by atoms with Crippen LogP contribution in [-0.4, -0.2) is 52.7 Å². The number of benzene rings is 1. The van der Waals surface area contributed by atoms with Gasteiger partial charge in [0.15, 0.2) is 0 Å². The van der Waals surface area contributed by atoms with E-state index in [1.165, 1.54) is 16.2 Å². The fraction of sp³-hybridized carbons (Fsp3) is 0.389. The van der Waals surface area contributed by atoms with Crippen LogP contribution in [0.2, 0.25) is 5.02 Å². The molecule has 1 N–H and O–H groups in total. The van der Waals surface area contributed by atoms with Gasteiger partial charge in [-0.3, -0.25) is 9.59 Å². The number of rotatable bonds is 7. The molecule has 0 aliphatic carbocycles. The SMILES string of the molecule is O=C(O)CCN(C[C@H]1CCCO1)C(=O)c1csc(-c2ccccc2Cl)n1. The number of carbonyl (C=O) groups excluding carboxylic acids is 1. The molecule has 0 saturated carbocycles. The molecular formula is C18H19ClN2O4S. The first-order valence-electron chi connectivity index (χ1n) is 8.37. The Kier molecular flexibility index (Phi) is 6.24. The summed E-state index contributed by atoms with van der Waals surface area (Å²) in [6, 6.07) is 7.32. The van der Waals surface area contributed by atoms with E-state index in [9.17, 15) is 9.59 Å². The third-order valence-corrected chi connectivity index (χ3v) is 5.36. The number of carboxylic acids is 1. The van der Waals surface area contributed by atoms with E-state index in [2.05, 4.69) is 4.98 Å². The van der Waals surface area contributed by atoms with E-state index < -0.39 is 5.97 Å². The lowest BCUT2D eigenvalue weighted by atomic mass is 10.2. The Balaban J connectivity index is 1.77. The first kappa shape index (κ1) is 18.8. The van der Waals surface area contributed by atoms with Crippen molar-refractivity contribution >= 4 is 34.8 Å². The number of halogens is 1. The van der Waals surface area contributed by atoms with Gasteiger partial charge in [0.25, 0.3) is 5.91 Å². The van der Waals surface area contributed by atoms with Gasteiger partial charge in [0.2, 0.25) is 0 Å². The second kappa shape index (κ2) is 8.62. The Bertz CT molecular complexity index is 789. The van der Waals surface area contributed by atoms with E-state index in [4.69, 9.17) is 21.4 Å². The van der Waals surface area contributed by atoms with Crippen LogP contribution >= 0.6 is 22.9 Å². The smallest absolute Gasteiger partial charge is 0.305 e. The highest BCUT2D eigenvalue weighted by Crippen LogP contribution is 2.30. The molecular weight excluding hydrogens is 376 g/mol. The predicted octanol–water partition coefficient (Wildman–Crippen LogP) is 3.56. The molecule has 2 heterocycles. The molecule has 1 aromatic carbocycles. The first-order valence-corrected chi connectivity index (χ1v) is 9.63. The van der Waals surface area contributed by atoms with Gasteiger partial charge in [0, 0.05) is 30.6 Å². The molecule has 0 unspecified atom stereocenters. The summed E-state index contributed by atoms with van der Waals surface area (Å²) in [5, 5.41) is 11.9. The summed E-state index contributed by atoms with van der Waals surface area (Å²) in [4.78, 5) is 29.7. The number of nitrogens with zero attached hydrogens (tertiary/aromatic N) is 2. The minimum absolute atomic E-state index is 0.0468. The van der Waals surface area contributed by atoms with E-state index in [1.54, 1.807) is 11.4 Å². The number of carbonyl (C=O) groups is 2. The molecule has 6 nitrogen and oxygen atoms in total. The average Bonchev–Trinajstić information content (AvgIpc) is 3.30. The molecule has 3 rings (SSSR count). The second-order valence-corrected chi connectivity index (χ2v) is 7.31. The topological polar surface area (TPSA) is 79.7 Å². The van der Waals surface area contributed by atoms with Crippen molar-refractivity contribution in [2.24, 2.45) is 0 Å². The predicted molar refractivity (Wildman–Crippen MR) is 99.7 cm³/mol. The molecule has 138 valence electrons. The van der Waals surface area contributed by atoms with Gasteiger partial charge in [-0.25, -0.2) is 4.98 Å². The summed E-state index contributed by atoms with van der Waals surface area (Å²) in [6.07, 6.45) is 1.67. The number of amides is 1. The first-order chi connectivity index (χ1) is 12.5. The van der Waals surface area contributed by atoms with Gasteiger partial charge in [0.05, 0.1) is 17.5 Å². The lowest BCUT2D eigenvalue weighted by Crippen LogP contribution is -2.39. The van der Waals surface area contributed by atoms with Crippen LogP contribution in [-0.2, 0) is 9.53 Å². The van der Waals surface area contributed by atoms with Crippen molar-refractivity contribution in [3.8, 4) is 10.6 Å². The van der Waals surface area contributed by atoms with Crippen LogP contribution in [0.5, 0.6) is 0 Å². The molecule has 1 atom stereocenters. The number of hydrogen-bond acceptors (Lipinski definition) is 5. The maximum Gasteiger partial charge on any atom is 0.305 e. The van der Waals surface area contributed by atoms with Gasteiger partial charge in [-0.05, 0) is 18.9 Å². The number of aromatic nitrogens is 1. The molecule has 8 heteroatoms. The van der Waals surface area contributed by atoms with E-state index in [1.807, 2.05) is 18.2 Å². The standard InChI is InChI=1S/C18H19ClN2O4S/c19-14-6-2-1-5-13(14)17-20-15(11-26-17)18(24)21(8-7-16(22)23)10-12-4-3-9-25-12/h1-2,5-6,11-12H,3-4,7-10H2,(H,22,23)/t12-/m1/s1. The van der Waals surface area contributed by atoms with Crippen LogP contribution in [0.25, 0.3) is 10.6 Å². The Morgan fingerprint density at radius 2 is 2.19 bits per heavy atom. The third-order valence-electron chi connectivity index (χ3n) is 4.16. The molecule has 1 aromatic heterocycles. The number of aliphatic carboxylic acids is 1. The maximum atomic E-state index is 12.9. The maximum absolute atomic E-state index is 12.9. The molecule has 1 fully saturated rings. The molecule has 1 amide bonds. The zero-order valence-electron chi connectivity index (χ0n) is 14.1. The molecule has 1 aliphatic heterocycles. The normalized spacial score (nSPS) is 16.6. The van der Waals surface area contributed by atoms with E-state index in [-0.39, 0.29) is 25.0 Å². The molecule has 0 radical (unpaired) electrons. The lowest BCUT2D eigenvalue weighted by molar-refractivity contribution is -0.137. The number of ether oxygens (including phenoxy) is 1. The van der Waals surface area contributed by atoms with Crippen LogP contribution in [0.3, 0.4) is 0 Å². The molecule has 26 heavy (non-hydrogen) atoms. The zero-order valence-corrected chi connectivity index (χ0v) is 15.6. The molecule has 1 saturated heterocycles. The summed E-state index contributed by atoms with van der Waals surface area (Å²) in [5.74, 6) is -1.22. The van der Waals surface area contributed by atoms with Crippen molar-refractivity contribution in [2.75, 3.05) is 19.7 Å². The highest BCUT2D eigenvalue weighted by molar-refractivity contribution is 7.13. The number of carboxylic acid groups (broad SMARTS) is 1. The summed E-state index contributed by atoms with van der Waals surface area (Å²) < 4.78 is 5.59. The number of hydrogen-bond donors (Lipinski definition) is 1. The minimum atomic E-state index is -0.940. The van der Waals surface area contributed by atoms with Gasteiger partial charge in [0.1, 0.15) is 10.7 Å². The monoisotopic (exact) mass is 394 g/mol. The fourth-order valence-electron chi connectivity index (χ4n) is 2.83. The van der Waals surface area contributed by atoms with Crippen molar-refractivity contribution < 1.29 is 19.4 Å². The van der Waals surface area contributed by atoms with Crippen molar-refractivity contribution in [1.82, 2.24) is 9.88 Å². The van der Waals surface area contributed by atoms with Gasteiger partial charge in [-0.15, -0.1) is 11.3 Å². The zero-order chi connectivity index (χ0) is 18.5. The Morgan fingerprint density at radius 1 is 1.38 bits per heavy atom. The average molecular weight is 395 g/mol. The van der Waals surface area contributed by atoms with Crippen LogP contribution < -0.4 is 0 Å². The summed E-state index contributed by atoms with van der Waals surface area (Å²) in [6.45, 7) is 1.19. The third kappa shape index (κ3) is 4.60. The van der Waals surface area contributed by atoms with E-state index >= 15 is 0 Å². The van der Waals surface area contributed by atoms with Crippen LogP contribution in [0, 0.1) is 0 Å². The molecule has 0 spiro atoms. The Morgan fingerprint density at radius 3 is 2.88 bits per heavy atom. The number of thiazole rings is 1. The Hall–Kier alpha value is -1.96. The van der Waals surface area contributed by atoms with Gasteiger partial charge in [-0.1, -0.05) is 29.8 Å². The van der Waals surface area contributed by atoms with Crippen molar-refractivity contribution in [3.63, 3.8) is 0 Å². The van der Waals surface area contributed by atoms with E-state index in [0.717, 1.165) is 18.4 Å². The summed E-state index contributed by atoms with van der Waals surface area (Å²) >= 11 is 7.54. The van der Waals surface area contributed by atoms with Gasteiger partial charge < -0.3 is 14.7 Å². The quantitative estimate of drug-likeness (QED) is 0.776.